The lowest BCUT2D eigenvalue weighted by molar-refractivity contribution is -0.136. The summed E-state index contributed by atoms with van der Waals surface area (Å²) in [7, 11) is 0. The van der Waals surface area contributed by atoms with Gasteiger partial charge >= 0.3 is 0 Å². The van der Waals surface area contributed by atoms with Gasteiger partial charge in [-0.15, -0.1) is 21.6 Å². The summed E-state index contributed by atoms with van der Waals surface area (Å²) in [5.41, 5.74) is 3.32. The fourth-order valence-electron chi connectivity index (χ4n) is 6.66. The highest BCUT2D eigenvalue weighted by Gasteiger charge is 2.44. The summed E-state index contributed by atoms with van der Waals surface area (Å²) in [6.07, 6.45) is 6.77. The number of fused-ring (bicyclic) bond motifs is 1. The molecule has 260 valence electrons. The number of allylic oxidation sites excluding steroid dienone is 1. The van der Waals surface area contributed by atoms with Gasteiger partial charge in [-0.3, -0.25) is 29.4 Å². The molecule has 2 N–H and O–H groups in total. The van der Waals surface area contributed by atoms with Crippen molar-refractivity contribution in [3.8, 4) is 23.2 Å². The van der Waals surface area contributed by atoms with Crippen molar-refractivity contribution in [3.63, 3.8) is 0 Å². The number of carbonyl (C=O) groups is 4. The van der Waals surface area contributed by atoms with Gasteiger partial charge in [0.15, 0.2) is 5.82 Å². The highest BCUT2D eigenvalue weighted by molar-refractivity contribution is 6.23. The summed E-state index contributed by atoms with van der Waals surface area (Å²) < 4.78 is 12.1. The van der Waals surface area contributed by atoms with Crippen LogP contribution in [0, 0.1) is 0 Å². The Morgan fingerprint density at radius 3 is 2.17 bits per heavy atom. The number of nitrogens with zero attached hydrogens (tertiary/aromatic N) is 6. The van der Waals surface area contributed by atoms with Crippen LogP contribution in [0.3, 0.4) is 0 Å². The molecule has 1 saturated carbocycles. The predicted octanol–water partition coefficient (Wildman–Crippen LogP) is 4.59. The zero-order chi connectivity index (χ0) is 35.8. The molecule has 3 aromatic carbocycles. The Balaban J connectivity index is 0.829. The van der Waals surface area contributed by atoms with Crippen molar-refractivity contribution in [2.24, 2.45) is 0 Å². The molecule has 0 radical (unpaired) electrons. The number of hydrogen-bond donors (Lipinski definition) is 2. The van der Waals surface area contributed by atoms with Crippen LogP contribution in [0.5, 0.6) is 17.4 Å². The zero-order valence-electron chi connectivity index (χ0n) is 27.7. The third kappa shape index (κ3) is 6.37. The van der Waals surface area contributed by atoms with Crippen molar-refractivity contribution >= 4 is 29.3 Å². The smallest absolute Gasteiger partial charge is 0.262 e. The SMILES string of the molecule is C=CC(c1ccc(Oc2ccc(-n3nccn3)nn2)cc1)c1ccc(OC2CC(Nc3ccc4c(c3)C(=O)N(C3CCC(=O)NC3=O)C4=O)C2)cc1. The van der Waals surface area contributed by atoms with Gasteiger partial charge in [-0.1, -0.05) is 30.3 Å². The Hall–Kier alpha value is -6.70. The van der Waals surface area contributed by atoms with Gasteiger partial charge in [-0.25, -0.2) is 0 Å². The molecule has 2 aromatic heterocycles. The molecule has 14 heteroatoms. The first-order valence-corrected chi connectivity index (χ1v) is 16.8. The van der Waals surface area contributed by atoms with Crippen LogP contribution < -0.4 is 20.1 Å². The van der Waals surface area contributed by atoms with Gasteiger partial charge in [-0.2, -0.15) is 10.2 Å². The fraction of sp³-hybridized carbons (Fsp3) is 0.211. The molecule has 2 unspecified atom stereocenters. The van der Waals surface area contributed by atoms with E-state index in [1.807, 2.05) is 54.6 Å². The number of aromatic nitrogens is 5. The number of ether oxygens (including phenoxy) is 2. The number of hydrogen-bond acceptors (Lipinski definition) is 11. The number of benzene rings is 3. The summed E-state index contributed by atoms with van der Waals surface area (Å²) in [4.78, 5) is 52.4. The maximum Gasteiger partial charge on any atom is 0.262 e. The molecule has 2 fully saturated rings. The van der Waals surface area contributed by atoms with Crippen LogP contribution in [0.2, 0.25) is 0 Å². The molecular weight excluding hydrogens is 664 g/mol. The zero-order valence-corrected chi connectivity index (χ0v) is 27.7. The third-order valence-corrected chi connectivity index (χ3v) is 9.39. The molecule has 4 amide bonds. The van der Waals surface area contributed by atoms with E-state index in [2.05, 4.69) is 37.6 Å². The van der Waals surface area contributed by atoms with Crippen molar-refractivity contribution in [1.82, 2.24) is 35.4 Å². The lowest BCUT2D eigenvalue weighted by Gasteiger charge is -2.36. The van der Waals surface area contributed by atoms with E-state index in [4.69, 9.17) is 9.47 Å². The summed E-state index contributed by atoms with van der Waals surface area (Å²) in [6, 6.07) is 23.3. The van der Waals surface area contributed by atoms with E-state index in [1.54, 1.807) is 42.7 Å². The van der Waals surface area contributed by atoms with E-state index >= 15 is 0 Å². The minimum Gasteiger partial charge on any atom is -0.490 e. The molecule has 0 bridgehead atoms. The van der Waals surface area contributed by atoms with Crippen LogP contribution in [0.1, 0.15) is 63.4 Å². The Kier molecular flexibility index (Phi) is 8.47. The number of anilines is 1. The second-order valence-electron chi connectivity index (χ2n) is 12.8. The third-order valence-electron chi connectivity index (χ3n) is 9.39. The Morgan fingerprint density at radius 2 is 1.52 bits per heavy atom. The Bertz CT molecular complexity index is 2160. The molecule has 2 atom stereocenters. The van der Waals surface area contributed by atoms with Crippen LogP contribution in [0.4, 0.5) is 5.69 Å². The number of rotatable bonds is 11. The van der Waals surface area contributed by atoms with E-state index in [1.165, 1.54) is 4.80 Å². The van der Waals surface area contributed by atoms with E-state index in [0.717, 1.165) is 34.6 Å². The summed E-state index contributed by atoms with van der Waals surface area (Å²) in [6.45, 7) is 4.06. The molecule has 0 spiro atoms. The van der Waals surface area contributed by atoms with Crippen LogP contribution in [0.15, 0.2) is 104 Å². The van der Waals surface area contributed by atoms with E-state index < -0.39 is 29.7 Å². The normalized spacial score (nSPS) is 20.1. The molecule has 1 aliphatic carbocycles. The molecule has 52 heavy (non-hydrogen) atoms. The number of piperidine rings is 1. The number of imide groups is 2. The number of nitrogens with one attached hydrogen (secondary N) is 2. The van der Waals surface area contributed by atoms with Gasteiger partial charge in [0.05, 0.1) is 23.5 Å². The molecule has 4 heterocycles. The molecule has 2 aliphatic heterocycles. The van der Waals surface area contributed by atoms with Crippen LogP contribution in [-0.2, 0) is 9.59 Å². The van der Waals surface area contributed by atoms with E-state index in [0.29, 0.717) is 23.1 Å². The first-order valence-electron chi connectivity index (χ1n) is 16.8. The first-order chi connectivity index (χ1) is 25.3. The second kappa shape index (κ2) is 13.5. The van der Waals surface area contributed by atoms with E-state index in [9.17, 15) is 19.2 Å². The summed E-state index contributed by atoms with van der Waals surface area (Å²) >= 11 is 0. The van der Waals surface area contributed by atoms with Crippen LogP contribution in [0.25, 0.3) is 5.82 Å². The maximum absolute atomic E-state index is 13.2. The fourth-order valence-corrected chi connectivity index (χ4v) is 6.66. The van der Waals surface area contributed by atoms with Gasteiger partial charge in [-0.05, 0) is 66.1 Å². The predicted molar refractivity (Wildman–Crippen MR) is 186 cm³/mol. The minimum atomic E-state index is -0.992. The number of amides is 4. The van der Waals surface area contributed by atoms with Crippen LogP contribution in [-0.4, -0.2) is 71.9 Å². The first kappa shape index (κ1) is 32.5. The van der Waals surface area contributed by atoms with Crippen LogP contribution >= 0.6 is 0 Å². The highest BCUT2D eigenvalue weighted by atomic mass is 16.5. The largest absolute Gasteiger partial charge is 0.490 e. The molecular formula is C38H32N8O6. The molecule has 1 saturated heterocycles. The monoisotopic (exact) mass is 696 g/mol. The average Bonchev–Trinajstić information content (AvgIpc) is 3.76. The topological polar surface area (TPSA) is 171 Å². The summed E-state index contributed by atoms with van der Waals surface area (Å²) in [5.74, 6) is 0.111. The quantitative estimate of drug-likeness (QED) is 0.146. The Labute approximate surface area is 297 Å². The Morgan fingerprint density at radius 1 is 0.827 bits per heavy atom. The number of carbonyl (C=O) groups excluding carboxylic acids is 4. The van der Waals surface area contributed by atoms with Crippen molar-refractivity contribution in [2.45, 2.75) is 49.8 Å². The molecule has 14 nitrogen and oxygen atoms in total. The van der Waals surface area contributed by atoms with Crippen molar-refractivity contribution in [2.75, 3.05) is 5.32 Å². The highest BCUT2D eigenvalue weighted by Crippen LogP contribution is 2.34. The lowest BCUT2D eigenvalue weighted by atomic mass is 9.88. The van der Waals surface area contributed by atoms with Gasteiger partial charge in [0.2, 0.25) is 17.7 Å². The summed E-state index contributed by atoms with van der Waals surface area (Å²) in [5, 5.41) is 21.9. The second-order valence-corrected chi connectivity index (χ2v) is 12.8. The van der Waals surface area contributed by atoms with Crippen molar-refractivity contribution < 1.29 is 28.7 Å². The average molecular weight is 697 g/mol. The van der Waals surface area contributed by atoms with Gasteiger partial charge in [0, 0.05) is 43.0 Å². The van der Waals surface area contributed by atoms with Crippen molar-refractivity contribution in [1.29, 1.82) is 0 Å². The molecule has 5 aromatic rings. The van der Waals surface area contributed by atoms with Gasteiger partial charge in [0.1, 0.15) is 23.6 Å². The van der Waals surface area contributed by atoms with Gasteiger partial charge < -0.3 is 14.8 Å². The standard InChI is InChI=1S/C38H32N8O6/c1-2-29(23-5-10-27(11-6-23)52-35-16-14-33(43-44-35)46-39-17-18-40-46)22-3-8-26(9-4-22)51-28-19-25(20-28)41-24-7-12-30-31(21-24)38(50)45(37(30)49)32-13-15-34(47)42-36(32)48/h2-12,14,16-18,21,25,28-29,32,41H,1,13,15,19-20H2,(H,42,47,48). The molecule has 8 rings (SSSR count). The maximum atomic E-state index is 13.2. The van der Waals surface area contributed by atoms with Crippen molar-refractivity contribution in [3.05, 3.63) is 126 Å². The molecule has 3 aliphatic rings. The lowest BCUT2D eigenvalue weighted by Crippen LogP contribution is -2.54. The minimum absolute atomic E-state index is 0.0230. The van der Waals surface area contributed by atoms with Gasteiger partial charge in [0.25, 0.3) is 11.8 Å². The van der Waals surface area contributed by atoms with E-state index in [-0.39, 0.29) is 42.0 Å².